The molecule has 6 rings (SSSR count). The minimum Gasteiger partial charge on any atom is -0.497 e. The van der Waals surface area contributed by atoms with Gasteiger partial charge in [0.15, 0.2) is 0 Å². The smallest absolute Gasteiger partial charge is 0.227 e. The van der Waals surface area contributed by atoms with Gasteiger partial charge >= 0.3 is 0 Å². The van der Waals surface area contributed by atoms with E-state index in [2.05, 4.69) is 60.9 Å². The normalized spacial score (nSPS) is 25.6. The van der Waals surface area contributed by atoms with Crippen molar-refractivity contribution in [1.29, 1.82) is 0 Å². The van der Waals surface area contributed by atoms with Crippen molar-refractivity contribution < 1.29 is 14.3 Å². The zero-order valence-electron chi connectivity index (χ0n) is 25.1. The second kappa shape index (κ2) is 10.9. The van der Waals surface area contributed by atoms with E-state index in [1.165, 1.54) is 46.2 Å². The zero-order valence-corrected chi connectivity index (χ0v) is 25.1. The lowest BCUT2D eigenvalue weighted by Gasteiger charge is -2.55. The monoisotopic (exact) mass is 542 g/mol. The predicted molar refractivity (Wildman–Crippen MR) is 160 cm³/mol. The van der Waals surface area contributed by atoms with Crippen molar-refractivity contribution in [3.8, 4) is 11.5 Å². The third kappa shape index (κ3) is 5.06. The Morgan fingerprint density at radius 3 is 2.30 bits per heavy atom. The van der Waals surface area contributed by atoms with E-state index in [0.29, 0.717) is 11.8 Å². The van der Waals surface area contributed by atoms with Crippen LogP contribution in [0.4, 0.5) is 0 Å². The molecule has 5 nitrogen and oxygen atoms in total. The highest BCUT2D eigenvalue weighted by molar-refractivity contribution is 5.83. The van der Waals surface area contributed by atoms with Crippen LogP contribution < -0.4 is 9.47 Å². The van der Waals surface area contributed by atoms with E-state index < -0.39 is 0 Å². The average molecular weight is 543 g/mol. The molecular formula is C35H46N2O3. The van der Waals surface area contributed by atoms with Gasteiger partial charge in [-0.1, -0.05) is 42.3 Å². The Kier molecular flexibility index (Phi) is 7.45. The third-order valence-electron chi connectivity index (χ3n) is 10.0. The topological polar surface area (TPSA) is 42.0 Å². The van der Waals surface area contributed by atoms with Gasteiger partial charge in [0.2, 0.25) is 5.91 Å². The first-order chi connectivity index (χ1) is 19.3. The Morgan fingerprint density at radius 1 is 0.950 bits per heavy atom. The number of rotatable bonds is 7. The van der Waals surface area contributed by atoms with E-state index in [1.807, 2.05) is 6.07 Å². The zero-order chi connectivity index (χ0) is 28.0. The first kappa shape index (κ1) is 27.4. The number of methoxy groups -OCH3 is 2. The third-order valence-corrected chi connectivity index (χ3v) is 10.0. The molecule has 4 aliphatic rings. The van der Waals surface area contributed by atoms with Crippen LogP contribution in [0.1, 0.15) is 79.2 Å². The summed E-state index contributed by atoms with van der Waals surface area (Å²) in [7, 11) is 3.46. The highest BCUT2D eigenvalue weighted by Crippen LogP contribution is 2.50. The van der Waals surface area contributed by atoms with Crippen LogP contribution in [0.15, 0.2) is 42.0 Å². The quantitative estimate of drug-likeness (QED) is 0.370. The van der Waals surface area contributed by atoms with Gasteiger partial charge in [0.1, 0.15) is 11.5 Å². The molecule has 2 bridgehead atoms. The minimum absolute atomic E-state index is 0.0164. The molecule has 40 heavy (non-hydrogen) atoms. The number of nitrogens with zero attached hydrogens (tertiary/aromatic N) is 2. The molecule has 214 valence electrons. The van der Waals surface area contributed by atoms with Gasteiger partial charge in [-0.05, 0) is 87.5 Å². The molecule has 2 heterocycles. The first-order valence-electron chi connectivity index (χ1n) is 15.4. The van der Waals surface area contributed by atoms with Crippen molar-refractivity contribution in [2.24, 2.45) is 11.8 Å². The second-order valence-electron chi connectivity index (χ2n) is 12.9. The van der Waals surface area contributed by atoms with Gasteiger partial charge in [0.05, 0.1) is 19.8 Å². The molecule has 2 aliphatic carbocycles. The van der Waals surface area contributed by atoms with E-state index in [1.54, 1.807) is 14.2 Å². The van der Waals surface area contributed by atoms with Crippen molar-refractivity contribution in [1.82, 2.24) is 9.80 Å². The molecular weight excluding hydrogens is 496 g/mol. The summed E-state index contributed by atoms with van der Waals surface area (Å²) in [6, 6.07) is 11.1. The highest BCUT2D eigenvalue weighted by Gasteiger charge is 2.52. The van der Waals surface area contributed by atoms with E-state index in [-0.39, 0.29) is 17.4 Å². The number of hydrogen-bond donors (Lipinski definition) is 0. The molecule has 2 aliphatic heterocycles. The van der Waals surface area contributed by atoms with Gasteiger partial charge in [-0.3, -0.25) is 9.69 Å². The average Bonchev–Trinajstić information content (AvgIpc) is 3.75. The number of piperidine rings is 2. The van der Waals surface area contributed by atoms with Crippen LogP contribution in [-0.2, 0) is 17.8 Å². The van der Waals surface area contributed by atoms with Crippen LogP contribution in [0.3, 0.4) is 0 Å². The molecule has 3 fully saturated rings. The lowest BCUT2D eigenvalue weighted by molar-refractivity contribution is -0.147. The molecule has 1 amide bonds. The number of carbonyl (C=O) groups excluding carboxylic acids is 1. The van der Waals surface area contributed by atoms with Crippen molar-refractivity contribution in [3.05, 3.63) is 69.8 Å². The molecule has 2 aromatic rings. The molecule has 0 N–H and O–H groups in total. The molecule has 1 saturated carbocycles. The molecule has 2 aromatic carbocycles. The fraction of sp³-hybridized carbons (Fsp3) is 0.571. The van der Waals surface area contributed by atoms with E-state index in [4.69, 9.17) is 9.47 Å². The summed E-state index contributed by atoms with van der Waals surface area (Å²) in [6.45, 7) is 10.6. The Bertz CT molecular complexity index is 1280. The number of hydrogen-bond acceptors (Lipinski definition) is 4. The van der Waals surface area contributed by atoms with Crippen LogP contribution in [0.2, 0.25) is 0 Å². The molecule has 5 heteroatoms. The summed E-state index contributed by atoms with van der Waals surface area (Å²) < 4.78 is 11.6. The largest absolute Gasteiger partial charge is 0.497 e. The number of allylic oxidation sites excluding steroid dienone is 1. The molecule has 0 aromatic heterocycles. The lowest BCUT2D eigenvalue weighted by Crippen LogP contribution is -2.63. The standard InChI is InChI=1S/C35H46N2O3/c1-6-27-17-30-18-29(16-28-19-31(39-4)20-32(40-5)33(27)28)34(38)37(22-25-7-8-25)35(30)9-11-36(12-10-35)21-26-14-23(2)13-24(3)15-26/h13-15,17,19-20,25,27,29H,6-12,16,18,21-22H2,1-5H3/b30-17+. The number of ether oxygens (including phenoxy) is 2. The fourth-order valence-corrected chi connectivity index (χ4v) is 7.89. The maximum Gasteiger partial charge on any atom is 0.227 e. The first-order valence-corrected chi connectivity index (χ1v) is 15.4. The summed E-state index contributed by atoms with van der Waals surface area (Å²) >= 11 is 0. The van der Waals surface area contributed by atoms with Crippen molar-refractivity contribution >= 4 is 5.91 Å². The van der Waals surface area contributed by atoms with Gasteiger partial charge in [0.25, 0.3) is 0 Å². The Morgan fingerprint density at radius 2 is 1.68 bits per heavy atom. The Labute approximate surface area is 240 Å². The number of benzene rings is 2. The second-order valence-corrected chi connectivity index (χ2v) is 12.9. The summed E-state index contributed by atoms with van der Waals surface area (Å²) in [5.74, 6) is 2.99. The van der Waals surface area contributed by atoms with E-state index >= 15 is 0 Å². The van der Waals surface area contributed by atoms with Gasteiger partial charge in [-0.25, -0.2) is 0 Å². The van der Waals surface area contributed by atoms with Crippen LogP contribution in [-0.4, -0.2) is 55.1 Å². The highest BCUT2D eigenvalue weighted by atomic mass is 16.5. The summed E-state index contributed by atoms with van der Waals surface area (Å²) in [6.07, 6.45) is 9.78. The maximum absolute atomic E-state index is 14.4. The molecule has 2 saturated heterocycles. The molecule has 1 spiro atoms. The van der Waals surface area contributed by atoms with Crippen LogP contribution in [0.5, 0.6) is 11.5 Å². The number of amides is 1. The minimum atomic E-state index is -0.153. The maximum atomic E-state index is 14.4. The molecule has 2 unspecified atom stereocenters. The SMILES string of the molecule is CCC1/C=C2\CC(Cc3cc(OC)cc(OC)c31)C(=O)N(CC1CC1)C21CCN(Cc2cc(C)cc(C)c2)CC1. The fourth-order valence-electron chi connectivity index (χ4n) is 7.89. The van der Waals surface area contributed by atoms with E-state index in [0.717, 1.165) is 69.8 Å². The van der Waals surface area contributed by atoms with Gasteiger partial charge in [0, 0.05) is 49.6 Å². The predicted octanol–water partition coefficient (Wildman–Crippen LogP) is 6.59. The van der Waals surface area contributed by atoms with Crippen LogP contribution in [0.25, 0.3) is 0 Å². The van der Waals surface area contributed by atoms with Crippen LogP contribution in [0, 0.1) is 25.7 Å². The van der Waals surface area contributed by atoms with Crippen molar-refractivity contribution in [3.63, 3.8) is 0 Å². The summed E-state index contributed by atoms with van der Waals surface area (Å²) in [5, 5.41) is 0. The van der Waals surface area contributed by atoms with Crippen LogP contribution >= 0.6 is 0 Å². The van der Waals surface area contributed by atoms with Gasteiger partial charge in [-0.15, -0.1) is 0 Å². The van der Waals surface area contributed by atoms with Crippen molar-refractivity contribution in [2.75, 3.05) is 33.9 Å². The number of carbonyl (C=O) groups is 1. The van der Waals surface area contributed by atoms with Crippen molar-refractivity contribution in [2.45, 2.75) is 83.7 Å². The van der Waals surface area contributed by atoms with Gasteiger partial charge < -0.3 is 14.4 Å². The number of aryl methyl sites for hydroxylation is 2. The summed E-state index contributed by atoms with van der Waals surface area (Å²) in [4.78, 5) is 19.4. The number of likely N-dealkylation sites (tertiary alicyclic amines) is 2. The Balaban J connectivity index is 1.36. The summed E-state index contributed by atoms with van der Waals surface area (Å²) in [5.41, 5.74) is 7.89. The van der Waals surface area contributed by atoms with Gasteiger partial charge in [-0.2, -0.15) is 0 Å². The van der Waals surface area contributed by atoms with E-state index in [9.17, 15) is 4.79 Å². The lowest BCUT2D eigenvalue weighted by atomic mass is 9.67. The Hall–Kier alpha value is -2.79. The molecule has 0 radical (unpaired) electrons. The molecule has 2 atom stereocenters. The number of fused-ring (bicyclic) bond motifs is 4.